The van der Waals surface area contributed by atoms with E-state index in [0.717, 1.165) is 24.3 Å². The average molecular weight is 396 g/mol. The summed E-state index contributed by atoms with van der Waals surface area (Å²) in [4.78, 5) is 14.8. The van der Waals surface area contributed by atoms with Crippen molar-refractivity contribution in [3.05, 3.63) is 65.4 Å². The van der Waals surface area contributed by atoms with Crippen LogP contribution in [-0.2, 0) is 0 Å². The number of nitrogens with one attached hydrogen (secondary N) is 1. The van der Waals surface area contributed by atoms with Crippen LogP contribution in [0, 0.1) is 0 Å². The molecule has 5 nitrogen and oxygen atoms in total. The summed E-state index contributed by atoms with van der Waals surface area (Å²) in [6.45, 7) is 2.05. The number of nitrogen functional groups attached to an aromatic ring is 1. The predicted molar refractivity (Wildman–Crippen MR) is 114 cm³/mol. The Morgan fingerprint density at radius 2 is 1.75 bits per heavy atom. The van der Waals surface area contributed by atoms with Gasteiger partial charge < -0.3 is 20.4 Å². The van der Waals surface area contributed by atoms with Crippen molar-refractivity contribution in [3.63, 3.8) is 0 Å². The van der Waals surface area contributed by atoms with Crippen LogP contribution in [0.3, 0.4) is 0 Å². The lowest BCUT2D eigenvalue weighted by atomic mass is 10.1. The highest BCUT2D eigenvalue weighted by Gasteiger charge is 2.16. The molecule has 28 heavy (non-hydrogen) atoms. The van der Waals surface area contributed by atoms with Gasteiger partial charge in [0.05, 0.1) is 11.4 Å². The van der Waals surface area contributed by atoms with Gasteiger partial charge in [0.1, 0.15) is 5.76 Å². The molecule has 0 bridgehead atoms. The van der Waals surface area contributed by atoms with Gasteiger partial charge in [0.25, 0.3) is 5.91 Å². The lowest BCUT2D eigenvalue weighted by molar-refractivity contribution is 0.0997. The van der Waals surface area contributed by atoms with Gasteiger partial charge in [-0.25, -0.2) is 0 Å². The summed E-state index contributed by atoms with van der Waals surface area (Å²) >= 11 is 5.91. The van der Waals surface area contributed by atoms with Gasteiger partial charge in [0, 0.05) is 29.4 Å². The number of anilines is 3. The molecule has 0 unspecified atom stereocenters. The quantitative estimate of drug-likeness (QED) is 0.578. The van der Waals surface area contributed by atoms with Crippen LogP contribution in [0.2, 0.25) is 5.02 Å². The molecule has 1 fully saturated rings. The first kappa shape index (κ1) is 18.4. The molecule has 1 saturated heterocycles. The van der Waals surface area contributed by atoms with Crippen LogP contribution < -0.4 is 16.0 Å². The lowest BCUT2D eigenvalue weighted by Crippen LogP contribution is -2.30. The van der Waals surface area contributed by atoms with E-state index >= 15 is 0 Å². The number of benzene rings is 2. The van der Waals surface area contributed by atoms with Crippen molar-refractivity contribution in [2.75, 3.05) is 29.0 Å². The molecule has 3 N–H and O–H groups in total. The molecule has 1 aliphatic rings. The normalized spacial score (nSPS) is 14.1. The van der Waals surface area contributed by atoms with Gasteiger partial charge in [-0.05, 0) is 73.9 Å². The second kappa shape index (κ2) is 7.98. The fourth-order valence-electron chi connectivity index (χ4n) is 3.48. The fraction of sp³-hybridized carbons (Fsp3) is 0.227. The van der Waals surface area contributed by atoms with Crippen LogP contribution in [-0.4, -0.2) is 19.0 Å². The van der Waals surface area contributed by atoms with Crippen molar-refractivity contribution < 1.29 is 9.21 Å². The third-order valence-electron chi connectivity index (χ3n) is 4.94. The molecular weight excluding hydrogens is 374 g/mol. The van der Waals surface area contributed by atoms with E-state index in [9.17, 15) is 4.79 Å². The van der Waals surface area contributed by atoms with E-state index in [4.69, 9.17) is 21.8 Å². The highest BCUT2D eigenvalue weighted by atomic mass is 35.5. The van der Waals surface area contributed by atoms with E-state index < -0.39 is 0 Å². The van der Waals surface area contributed by atoms with Crippen molar-refractivity contribution >= 4 is 34.6 Å². The molecule has 0 atom stereocenters. The number of nitrogens with zero attached hydrogens (tertiary/aromatic N) is 1. The number of halogens is 1. The summed E-state index contributed by atoms with van der Waals surface area (Å²) in [6.07, 6.45) is 3.64. The largest absolute Gasteiger partial charge is 0.451 e. The lowest BCUT2D eigenvalue weighted by Gasteiger charge is -2.30. The molecule has 0 radical (unpaired) electrons. The van der Waals surface area contributed by atoms with Crippen molar-refractivity contribution in [2.45, 2.75) is 19.3 Å². The van der Waals surface area contributed by atoms with Gasteiger partial charge in [-0.1, -0.05) is 11.6 Å². The van der Waals surface area contributed by atoms with E-state index in [1.807, 2.05) is 24.3 Å². The Morgan fingerprint density at radius 3 is 2.46 bits per heavy atom. The molecular formula is C22H22ClN3O2. The third-order valence-corrected chi connectivity index (χ3v) is 5.19. The van der Waals surface area contributed by atoms with Gasteiger partial charge in [-0.2, -0.15) is 0 Å². The van der Waals surface area contributed by atoms with Crippen molar-refractivity contribution in [3.8, 4) is 11.3 Å². The Hall–Kier alpha value is -2.92. The van der Waals surface area contributed by atoms with Crippen molar-refractivity contribution in [1.82, 2.24) is 0 Å². The number of carbonyl (C=O) groups excluding carboxylic acids is 1. The summed E-state index contributed by atoms with van der Waals surface area (Å²) in [6, 6.07) is 16.3. The Morgan fingerprint density at radius 1 is 1.00 bits per heavy atom. The van der Waals surface area contributed by atoms with Gasteiger partial charge in [0.15, 0.2) is 5.76 Å². The van der Waals surface area contributed by atoms with Crippen LogP contribution in [0.25, 0.3) is 11.3 Å². The molecule has 4 rings (SSSR count). The van der Waals surface area contributed by atoms with Crippen molar-refractivity contribution in [1.29, 1.82) is 0 Å². The minimum atomic E-state index is -0.315. The van der Waals surface area contributed by atoms with Crippen LogP contribution >= 0.6 is 11.6 Å². The maximum Gasteiger partial charge on any atom is 0.291 e. The Balaban J connectivity index is 1.46. The molecule has 3 aromatic rings. The van der Waals surface area contributed by atoms with E-state index in [1.165, 1.54) is 19.3 Å². The summed E-state index contributed by atoms with van der Waals surface area (Å²) in [5.74, 6) is 0.538. The number of nitrogens with two attached hydrogens (primary N) is 1. The molecule has 2 heterocycles. The zero-order chi connectivity index (χ0) is 19.5. The van der Waals surface area contributed by atoms with E-state index in [2.05, 4.69) is 10.2 Å². The maximum atomic E-state index is 12.5. The Labute approximate surface area is 169 Å². The van der Waals surface area contributed by atoms with Crippen molar-refractivity contribution in [2.24, 2.45) is 0 Å². The molecule has 144 valence electrons. The number of carbonyl (C=O) groups is 1. The maximum absolute atomic E-state index is 12.5. The van der Waals surface area contributed by atoms with Crippen LogP contribution in [0.15, 0.2) is 59.0 Å². The molecule has 1 amide bonds. The minimum absolute atomic E-state index is 0.239. The smallest absolute Gasteiger partial charge is 0.291 e. The van der Waals surface area contributed by atoms with Gasteiger partial charge in [-0.3, -0.25) is 4.79 Å². The topological polar surface area (TPSA) is 71.5 Å². The standard InChI is InChI=1S/C22H22ClN3O2/c23-16-6-4-15(5-7-16)20-10-11-21(28-20)22(27)25-17-8-9-19(18(24)14-17)26-12-2-1-3-13-26/h4-11,14H,1-3,12-13,24H2,(H,25,27). The van der Waals surface area contributed by atoms with E-state index in [1.54, 1.807) is 30.3 Å². The number of furan rings is 1. The van der Waals surface area contributed by atoms with Crippen LogP contribution in [0.4, 0.5) is 17.1 Å². The summed E-state index contributed by atoms with van der Waals surface area (Å²) in [5.41, 5.74) is 9.43. The monoisotopic (exact) mass is 395 g/mol. The van der Waals surface area contributed by atoms with Gasteiger partial charge in [-0.15, -0.1) is 0 Å². The number of hydrogen-bond acceptors (Lipinski definition) is 4. The average Bonchev–Trinajstić information content (AvgIpc) is 3.20. The molecule has 1 aromatic heterocycles. The molecule has 0 saturated carbocycles. The first-order chi connectivity index (χ1) is 13.6. The highest BCUT2D eigenvalue weighted by Crippen LogP contribution is 2.29. The zero-order valence-corrected chi connectivity index (χ0v) is 16.2. The molecule has 1 aliphatic heterocycles. The van der Waals surface area contributed by atoms with Crippen LogP contribution in [0.1, 0.15) is 29.8 Å². The molecule has 0 aliphatic carbocycles. The van der Waals surface area contributed by atoms with Crippen LogP contribution in [0.5, 0.6) is 0 Å². The number of rotatable bonds is 4. The number of amides is 1. The number of hydrogen-bond donors (Lipinski definition) is 2. The zero-order valence-electron chi connectivity index (χ0n) is 15.5. The van der Waals surface area contributed by atoms with E-state index in [-0.39, 0.29) is 11.7 Å². The predicted octanol–water partition coefficient (Wildman–Crippen LogP) is 5.42. The van der Waals surface area contributed by atoms with E-state index in [0.29, 0.717) is 22.2 Å². The molecule has 2 aromatic carbocycles. The molecule has 0 spiro atoms. The summed E-state index contributed by atoms with van der Waals surface area (Å²) < 4.78 is 5.70. The highest BCUT2D eigenvalue weighted by molar-refractivity contribution is 6.30. The SMILES string of the molecule is Nc1cc(NC(=O)c2ccc(-c3ccc(Cl)cc3)o2)ccc1N1CCCCC1. The minimum Gasteiger partial charge on any atom is -0.451 e. The summed E-state index contributed by atoms with van der Waals surface area (Å²) in [7, 11) is 0. The number of piperidine rings is 1. The second-order valence-corrected chi connectivity index (χ2v) is 7.38. The van der Waals surface area contributed by atoms with Gasteiger partial charge >= 0.3 is 0 Å². The fourth-order valence-corrected chi connectivity index (χ4v) is 3.60. The summed E-state index contributed by atoms with van der Waals surface area (Å²) in [5, 5.41) is 3.50. The Kier molecular flexibility index (Phi) is 5.26. The molecule has 6 heteroatoms. The van der Waals surface area contributed by atoms with Gasteiger partial charge in [0.2, 0.25) is 0 Å². The first-order valence-corrected chi connectivity index (χ1v) is 9.79. The Bertz CT molecular complexity index is 976. The second-order valence-electron chi connectivity index (χ2n) is 6.95. The first-order valence-electron chi connectivity index (χ1n) is 9.42. The third kappa shape index (κ3) is 3.99.